The standard InChI is InChI=1S/C19H18N2/c1-12-14-11-20-10-9-16(14)21-17-8-6-5-7-15(17)19(3,4)13(2)18(12)21/h5-11H,2H2,1,3-4H3. The lowest BCUT2D eigenvalue weighted by Crippen LogP contribution is -2.27. The molecule has 4 rings (SSSR count). The van der Waals surface area contributed by atoms with Gasteiger partial charge in [-0.3, -0.25) is 4.98 Å². The number of aromatic nitrogens is 2. The van der Waals surface area contributed by atoms with E-state index < -0.39 is 0 Å². The predicted molar refractivity (Wildman–Crippen MR) is 87.9 cm³/mol. The molecule has 0 fully saturated rings. The second-order valence-corrected chi connectivity index (χ2v) is 6.32. The van der Waals surface area contributed by atoms with Crippen molar-refractivity contribution >= 4 is 16.5 Å². The van der Waals surface area contributed by atoms with Crippen LogP contribution in [0.25, 0.3) is 22.2 Å². The highest BCUT2D eigenvalue weighted by atomic mass is 15.0. The van der Waals surface area contributed by atoms with Gasteiger partial charge < -0.3 is 4.57 Å². The van der Waals surface area contributed by atoms with Gasteiger partial charge in [-0.25, -0.2) is 0 Å². The predicted octanol–water partition coefficient (Wildman–Crippen LogP) is 4.64. The van der Waals surface area contributed by atoms with Gasteiger partial charge in [0.1, 0.15) is 0 Å². The Balaban J connectivity index is 2.25. The zero-order valence-electron chi connectivity index (χ0n) is 12.6. The average molecular weight is 274 g/mol. The number of aryl methyl sites for hydroxylation is 1. The maximum atomic E-state index is 4.42. The smallest absolute Gasteiger partial charge is 0.0568 e. The first kappa shape index (κ1) is 12.4. The van der Waals surface area contributed by atoms with Gasteiger partial charge in [0.25, 0.3) is 0 Å². The first-order chi connectivity index (χ1) is 10.0. The van der Waals surface area contributed by atoms with Crippen LogP contribution in [-0.2, 0) is 5.41 Å². The largest absolute Gasteiger partial charge is 0.309 e. The molecule has 104 valence electrons. The van der Waals surface area contributed by atoms with E-state index in [4.69, 9.17) is 0 Å². The van der Waals surface area contributed by atoms with Crippen LogP contribution in [0, 0.1) is 6.92 Å². The molecule has 2 nitrogen and oxygen atoms in total. The molecule has 0 aliphatic carbocycles. The summed E-state index contributed by atoms with van der Waals surface area (Å²) >= 11 is 0. The van der Waals surface area contributed by atoms with Crippen molar-refractivity contribution in [1.82, 2.24) is 9.55 Å². The maximum Gasteiger partial charge on any atom is 0.0568 e. The summed E-state index contributed by atoms with van der Waals surface area (Å²) in [5.41, 5.74) is 7.42. The van der Waals surface area contributed by atoms with Crippen LogP contribution in [0.4, 0.5) is 0 Å². The zero-order valence-corrected chi connectivity index (χ0v) is 12.6. The van der Waals surface area contributed by atoms with E-state index in [1.165, 1.54) is 39.0 Å². The summed E-state index contributed by atoms with van der Waals surface area (Å²) in [4.78, 5) is 4.29. The van der Waals surface area contributed by atoms with Crippen molar-refractivity contribution in [2.24, 2.45) is 0 Å². The number of pyridine rings is 1. The van der Waals surface area contributed by atoms with Crippen molar-refractivity contribution in [3.05, 3.63) is 66.1 Å². The van der Waals surface area contributed by atoms with Crippen molar-refractivity contribution in [3.8, 4) is 5.69 Å². The van der Waals surface area contributed by atoms with E-state index in [0.717, 1.165) is 0 Å². The molecular weight excluding hydrogens is 256 g/mol. The molecule has 2 heteroatoms. The average Bonchev–Trinajstić information content (AvgIpc) is 2.79. The van der Waals surface area contributed by atoms with Crippen LogP contribution < -0.4 is 0 Å². The minimum Gasteiger partial charge on any atom is -0.309 e. The molecule has 1 aromatic carbocycles. The third-order valence-corrected chi connectivity index (χ3v) is 4.88. The normalized spacial score (nSPS) is 15.9. The van der Waals surface area contributed by atoms with E-state index in [-0.39, 0.29) is 5.41 Å². The van der Waals surface area contributed by atoms with E-state index >= 15 is 0 Å². The fourth-order valence-corrected chi connectivity index (χ4v) is 3.55. The van der Waals surface area contributed by atoms with Gasteiger partial charge in [-0.15, -0.1) is 0 Å². The number of rotatable bonds is 0. The Morgan fingerprint density at radius 2 is 1.90 bits per heavy atom. The Bertz CT molecular complexity index is 897. The first-order valence-corrected chi connectivity index (χ1v) is 7.28. The van der Waals surface area contributed by atoms with Crippen LogP contribution in [-0.4, -0.2) is 9.55 Å². The minimum atomic E-state index is -0.0564. The summed E-state index contributed by atoms with van der Waals surface area (Å²) < 4.78 is 2.34. The van der Waals surface area contributed by atoms with Crippen molar-refractivity contribution in [1.29, 1.82) is 0 Å². The topological polar surface area (TPSA) is 17.8 Å². The van der Waals surface area contributed by atoms with Gasteiger partial charge in [-0.2, -0.15) is 0 Å². The highest BCUT2D eigenvalue weighted by Crippen LogP contribution is 2.48. The van der Waals surface area contributed by atoms with Gasteiger partial charge in [-0.1, -0.05) is 38.6 Å². The van der Waals surface area contributed by atoms with Crippen LogP contribution in [0.5, 0.6) is 0 Å². The maximum absolute atomic E-state index is 4.42. The number of fused-ring (bicyclic) bond motifs is 5. The third-order valence-electron chi connectivity index (χ3n) is 4.88. The minimum absolute atomic E-state index is 0.0564. The lowest BCUT2D eigenvalue weighted by Gasteiger charge is -2.36. The molecule has 0 amide bonds. The summed E-state index contributed by atoms with van der Waals surface area (Å²) in [5, 5.41) is 1.21. The summed E-state index contributed by atoms with van der Waals surface area (Å²) in [5.74, 6) is 0. The molecule has 0 bridgehead atoms. The quantitative estimate of drug-likeness (QED) is 0.584. The van der Waals surface area contributed by atoms with Gasteiger partial charge in [0, 0.05) is 23.2 Å². The number of para-hydroxylation sites is 1. The first-order valence-electron chi connectivity index (χ1n) is 7.28. The molecular formula is C19H18N2. The zero-order chi connectivity index (χ0) is 14.8. The van der Waals surface area contributed by atoms with Crippen LogP contribution in [0.1, 0.15) is 30.7 Å². The molecule has 2 aromatic heterocycles. The van der Waals surface area contributed by atoms with Gasteiger partial charge in [-0.05, 0) is 35.8 Å². The van der Waals surface area contributed by atoms with Crippen LogP contribution in [0.2, 0.25) is 0 Å². The Kier molecular flexibility index (Phi) is 2.27. The molecule has 0 N–H and O–H groups in total. The van der Waals surface area contributed by atoms with E-state index in [2.05, 4.69) is 67.2 Å². The lowest BCUT2D eigenvalue weighted by molar-refractivity contribution is 0.664. The monoisotopic (exact) mass is 274 g/mol. The molecule has 0 radical (unpaired) electrons. The third kappa shape index (κ3) is 1.40. The van der Waals surface area contributed by atoms with Crippen molar-refractivity contribution in [3.63, 3.8) is 0 Å². The fraction of sp³-hybridized carbons (Fsp3) is 0.211. The summed E-state index contributed by atoms with van der Waals surface area (Å²) in [7, 11) is 0. The van der Waals surface area contributed by atoms with E-state index in [1.54, 1.807) is 0 Å². The molecule has 0 atom stereocenters. The van der Waals surface area contributed by atoms with E-state index in [9.17, 15) is 0 Å². The van der Waals surface area contributed by atoms with Gasteiger partial charge in [0.05, 0.1) is 16.9 Å². The van der Waals surface area contributed by atoms with Gasteiger partial charge in [0.2, 0.25) is 0 Å². The number of hydrogen-bond donors (Lipinski definition) is 0. The molecule has 3 aromatic rings. The molecule has 0 saturated carbocycles. The lowest BCUT2D eigenvalue weighted by atomic mass is 9.73. The van der Waals surface area contributed by atoms with Crippen LogP contribution in [0.3, 0.4) is 0 Å². The molecule has 0 unspecified atom stereocenters. The number of allylic oxidation sites excluding steroid dienone is 1. The Morgan fingerprint density at radius 1 is 1.14 bits per heavy atom. The second-order valence-electron chi connectivity index (χ2n) is 6.32. The highest BCUT2D eigenvalue weighted by molar-refractivity contribution is 5.94. The van der Waals surface area contributed by atoms with Gasteiger partial charge >= 0.3 is 0 Å². The molecule has 0 spiro atoms. The van der Waals surface area contributed by atoms with Crippen LogP contribution in [0.15, 0.2) is 49.3 Å². The van der Waals surface area contributed by atoms with Gasteiger partial charge in [0.15, 0.2) is 0 Å². The summed E-state index contributed by atoms with van der Waals surface area (Å²) in [6.07, 6.45) is 3.82. The van der Waals surface area contributed by atoms with Crippen molar-refractivity contribution < 1.29 is 0 Å². The second kappa shape index (κ2) is 3.85. The number of benzene rings is 1. The Labute approximate surface area is 124 Å². The SMILES string of the molecule is C=C1c2c(C)c3cnccc3n2-c2ccccc2C1(C)C. The summed E-state index contributed by atoms with van der Waals surface area (Å²) in [6.45, 7) is 11.1. The van der Waals surface area contributed by atoms with E-state index in [1.807, 2.05) is 12.4 Å². The fourth-order valence-electron chi connectivity index (χ4n) is 3.55. The highest BCUT2D eigenvalue weighted by Gasteiger charge is 2.36. The Morgan fingerprint density at radius 3 is 2.71 bits per heavy atom. The molecule has 3 heterocycles. The van der Waals surface area contributed by atoms with E-state index in [0.29, 0.717) is 0 Å². The molecule has 21 heavy (non-hydrogen) atoms. The molecule has 0 saturated heterocycles. The van der Waals surface area contributed by atoms with Crippen LogP contribution >= 0.6 is 0 Å². The Hall–Kier alpha value is -2.35. The molecule has 1 aliphatic heterocycles. The molecule has 1 aliphatic rings. The number of hydrogen-bond acceptors (Lipinski definition) is 1. The van der Waals surface area contributed by atoms with Crippen molar-refractivity contribution in [2.45, 2.75) is 26.2 Å². The summed E-state index contributed by atoms with van der Waals surface area (Å²) in [6, 6.07) is 10.7. The number of nitrogens with zero attached hydrogens (tertiary/aromatic N) is 2. The van der Waals surface area contributed by atoms with Crippen molar-refractivity contribution in [2.75, 3.05) is 0 Å².